The summed E-state index contributed by atoms with van der Waals surface area (Å²) in [6.07, 6.45) is 11.9. The molecule has 1 aliphatic carbocycles. The highest BCUT2D eigenvalue weighted by Gasteiger charge is 2.36. The summed E-state index contributed by atoms with van der Waals surface area (Å²) in [5.41, 5.74) is 5.68. The molecule has 0 unspecified atom stereocenters. The molecule has 21 heavy (non-hydrogen) atoms. The van der Waals surface area contributed by atoms with Crippen LogP contribution in [0.2, 0.25) is 0 Å². The fourth-order valence-electron chi connectivity index (χ4n) is 3.80. The zero-order chi connectivity index (χ0) is 15.0. The molecule has 1 heterocycles. The molecule has 2 aliphatic rings. The second-order valence-corrected chi connectivity index (χ2v) is 6.91. The average Bonchev–Trinajstić information content (AvgIpc) is 2.79. The van der Waals surface area contributed by atoms with E-state index in [0.29, 0.717) is 6.54 Å². The second-order valence-electron chi connectivity index (χ2n) is 6.91. The van der Waals surface area contributed by atoms with Crippen molar-refractivity contribution in [2.24, 2.45) is 11.1 Å². The molecular weight excluding hydrogens is 262 g/mol. The third-order valence-corrected chi connectivity index (χ3v) is 5.32. The van der Waals surface area contributed by atoms with Gasteiger partial charge < -0.3 is 16.0 Å². The highest BCUT2D eigenvalue weighted by atomic mass is 16.2. The van der Waals surface area contributed by atoms with E-state index in [9.17, 15) is 4.79 Å². The molecule has 0 aromatic rings. The predicted molar refractivity (Wildman–Crippen MR) is 87.1 cm³/mol. The van der Waals surface area contributed by atoms with Gasteiger partial charge in [0, 0.05) is 13.1 Å². The van der Waals surface area contributed by atoms with Gasteiger partial charge in [0.2, 0.25) is 5.91 Å². The van der Waals surface area contributed by atoms with Gasteiger partial charge in [-0.1, -0.05) is 32.1 Å². The molecule has 0 spiro atoms. The van der Waals surface area contributed by atoms with E-state index in [1.807, 2.05) is 0 Å². The Hall–Kier alpha value is -0.610. The van der Waals surface area contributed by atoms with Crippen LogP contribution in [0.4, 0.5) is 0 Å². The summed E-state index contributed by atoms with van der Waals surface area (Å²) in [5.74, 6) is 0.213. The summed E-state index contributed by atoms with van der Waals surface area (Å²) in [4.78, 5) is 15.1. The summed E-state index contributed by atoms with van der Waals surface area (Å²) in [6, 6.07) is 0. The Morgan fingerprint density at radius 1 is 1.00 bits per heavy atom. The number of amides is 1. The van der Waals surface area contributed by atoms with E-state index in [0.717, 1.165) is 45.2 Å². The van der Waals surface area contributed by atoms with Crippen LogP contribution in [0.15, 0.2) is 0 Å². The first-order valence-electron chi connectivity index (χ1n) is 8.98. The largest absolute Gasteiger partial charge is 0.356 e. The highest BCUT2D eigenvalue weighted by Crippen LogP contribution is 2.34. The van der Waals surface area contributed by atoms with Crippen molar-refractivity contribution >= 4 is 5.91 Å². The standard InChI is InChI=1S/C17H33N3O/c18-15-17(9-4-1-2-5-10-17)16(21)19-11-8-14-20-12-6-3-7-13-20/h1-15,18H2,(H,19,21). The molecule has 1 saturated carbocycles. The van der Waals surface area contributed by atoms with E-state index in [1.54, 1.807) is 0 Å². The number of nitrogens with one attached hydrogen (secondary N) is 1. The zero-order valence-electron chi connectivity index (χ0n) is 13.5. The van der Waals surface area contributed by atoms with Gasteiger partial charge in [0.25, 0.3) is 0 Å². The van der Waals surface area contributed by atoms with Crippen LogP contribution >= 0.6 is 0 Å². The molecule has 1 saturated heterocycles. The maximum atomic E-state index is 12.6. The van der Waals surface area contributed by atoms with E-state index in [4.69, 9.17) is 5.73 Å². The van der Waals surface area contributed by atoms with E-state index >= 15 is 0 Å². The van der Waals surface area contributed by atoms with Gasteiger partial charge >= 0.3 is 0 Å². The predicted octanol–water partition coefficient (Wildman–Crippen LogP) is 2.28. The van der Waals surface area contributed by atoms with Crippen molar-refractivity contribution in [3.05, 3.63) is 0 Å². The molecule has 3 N–H and O–H groups in total. The Kier molecular flexibility index (Phi) is 6.97. The first kappa shape index (κ1) is 16.8. The lowest BCUT2D eigenvalue weighted by Crippen LogP contribution is -2.46. The van der Waals surface area contributed by atoms with Gasteiger partial charge in [0.1, 0.15) is 0 Å². The Morgan fingerprint density at radius 3 is 2.24 bits per heavy atom. The molecule has 122 valence electrons. The fourth-order valence-corrected chi connectivity index (χ4v) is 3.80. The van der Waals surface area contributed by atoms with E-state index in [-0.39, 0.29) is 11.3 Å². The highest BCUT2D eigenvalue weighted by molar-refractivity contribution is 5.82. The molecule has 0 radical (unpaired) electrons. The van der Waals surface area contributed by atoms with E-state index in [1.165, 1.54) is 45.2 Å². The Bertz CT molecular complexity index is 305. The molecule has 1 amide bonds. The third-order valence-electron chi connectivity index (χ3n) is 5.32. The first-order chi connectivity index (χ1) is 10.3. The van der Waals surface area contributed by atoms with Crippen LogP contribution in [0.3, 0.4) is 0 Å². The number of rotatable bonds is 6. The van der Waals surface area contributed by atoms with Crippen molar-refractivity contribution < 1.29 is 4.79 Å². The van der Waals surface area contributed by atoms with Crippen LogP contribution in [0.5, 0.6) is 0 Å². The van der Waals surface area contributed by atoms with Crippen molar-refractivity contribution in [3.8, 4) is 0 Å². The van der Waals surface area contributed by atoms with Crippen molar-refractivity contribution in [2.75, 3.05) is 32.7 Å². The minimum absolute atomic E-state index is 0.213. The lowest BCUT2D eigenvalue weighted by Gasteiger charge is -2.30. The average molecular weight is 295 g/mol. The minimum Gasteiger partial charge on any atom is -0.356 e. The fraction of sp³-hybridized carbons (Fsp3) is 0.941. The summed E-state index contributed by atoms with van der Waals surface area (Å²) in [5, 5.41) is 3.17. The Labute approximate surface area is 129 Å². The van der Waals surface area contributed by atoms with Crippen LogP contribution in [-0.2, 0) is 4.79 Å². The van der Waals surface area contributed by atoms with Crippen molar-refractivity contribution in [1.29, 1.82) is 0 Å². The molecule has 2 rings (SSSR count). The number of nitrogens with two attached hydrogens (primary N) is 1. The lowest BCUT2D eigenvalue weighted by molar-refractivity contribution is -0.131. The number of piperidine rings is 1. The molecule has 0 aromatic heterocycles. The van der Waals surface area contributed by atoms with E-state index in [2.05, 4.69) is 10.2 Å². The van der Waals surface area contributed by atoms with Crippen molar-refractivity contribution in [2.45, 2.75) is 64.2 Å². The van der Waals surface area contributed by atoms with Crippen LogP contribution in [0.25, 0.3) is 0 Å². The molecule has 0 bridgehead atoms. The van der Waals surface area contributed by atoms with Crippen LogP contribution < -0.4 is 11.1 Å². The number of carbonyl (C=O) groups is 1. The molecule has 0 aromatic carbocycles. The van der Waals surface area contributed by atoms with Gasteiger partial charge in [-0.05, 0) is 51.7 Å². The molecule has 1 aliphatic heterocycles. The summed E-state index contributed by atoms with van der Waals surface area (Å²) in [7, 11) is 0. The SMILES string of the molecule is NCC1(C(=O)NCCCN2CCCCC2)CCCCCC1. The summed E-state index contributed by atoms with van der Waals surface area (Å²) < 4.78 is 0. The summed E-state index contributed by atoms with van der Waals surface area (Å²) >= 11 is 0. The van der Waals surface area contributed by atoms with Crippen LogP contribution in [-0.4, -0.2) is 43.5 Å². The number of carbonyl (C=O) groups excluding carboxylic acids is 1. The number of hydrogen-bond donors (Lipinski definition) is 2. The lowest BCUT2D eigenvalue weighted by atomic mass is 9.79. The maximum Gasteiger partial charge on any atom is 0.227 e. The molecular formula is C17H33N3O. The van der Waals surface area contributed by atoms with Crippen LogP contribution in [0, 0.1) is 5.41 Å². The number of hydrogen-bond acceptors (Lipinski definition) is 3. The van der Waals surface area contributed by atoms with Crippen molar-refractivity contribution in [1.82, 2.24) is 10.2 Å². The molecule has 0 atom stereocenters. The molecule has 2 fully saturated rings. The van der Waals surface area contributed by atoms with Crippen LogP contribution in [0.1, 0.15) is 64.2 Å². The number of nitrogens with zero attached hydrogens (tertiary/aromatic N) is 1. The van der Waals surface area contributed by atoms with Crippen molar-refractivity contribution in [3.63, 3.8) is 0 Å². The second kappa shape index (κ2) is 8.74. The normalized spacial score (nSPS) is 23.5. The quantitative estimate of drug-likeness (QED) is 0.584. The smallest absolute Gasteiger partial charge is 0.227 e. The van der Waals surface area contributed by atoms with Gasteiger partial charge in [0.15, 0.2) is 0 Å². The summed E-state index contributed by atoms with van der Waals surface area (Å²) in [6.45, 7) is 4.90. The Morgan fingerprint density at radius 2 is 1.62 bits per heavy atom. The Balaban J connectivity index is 1.69. The topological polar surface area (TPSA) is 58.4 Å². The number of likely N-dealkylation sites (tertiary alicyclic amines) is 1. The zero-order valence-corrected chi connectivity index (χ0v) is 13.5. The van der Waals surface area contributed by atoms with Gasteiger partial charge in [-0.15, -0.1) is 0 Å². The third kappa shape index (κ3) is 4.96. The maximum absolute atomic E-state index is 12.6. The van der Waals surface area contributed by atoms with E-state index < -0.39 is 0 Å². The van der Waals surface area contributed by atoms with Gasteiger partial charge in [-0.2, -0.15) is 0 Å². The first-order valence-corrected chi connectivity index (χ1v) is 8.98. The molecule has 4 heteroatoms. The molecule has 4 nitrogen and oxygen atoms in total. The van der Waals surface area contributed by atoms with Gasteiger partial charge in [-0.3, -0.25) is 4.79 Å². The van der Waals surface area contributed by atoms with Gasteiger partial charge in [0.05, 0.1) is 5.41 Å². The van der Waals surface area contributed by atoms with Gasteiger partial charge in [-0.25, -0.2) is 0 Å². The monoisotopic (exact) mass is 295 g/mol. The minimum atomic E-state index is -0.276.